The Bertz CT molecular complexity index is 295. The molecule has 0 aromatic heterocycles. The van der Waals surface area contributed by atoms with Gasteiger partial charge in [0.05, 0.1) is 6.61 Å². The van der Waals surface area contributed by atoms with E-state index < -0.39 is 24.1 Å². The van der Waals surface area contributed by atoms with E-state index in [1.54, 1.807) is 0 Å². The monoisotopic (exact) mass is 258 g/mol. The number of rotatable bonds is 0. The Morgan fingerprint density at radius 2 is 1.44 bits per heavy atom. The van der Waals surface area contributed by atoms with Gasteiger partial charge in [0, 0.05) is 6.42 Å². The first-order valence-corrected chi connectivity index (χ1v) is 6.07. The fourth-order valence-electron chi connectivity index (χ4n) is 1.44. The van der Waals surface area contributed by atoms with Gasteiger partial charge in [-0.1, -0.05) is 0 Å². The van der Waals surface area contributed by atoms with Crippen LogP contribution in [0.1, 0.15) is 39.5 Å². The summed E-state index contributed by atoms with van der Waals surface area (Å²) in [6.45, 7) is 3.59. The molecule has 2 saturated heterocycles. The zero-order valence-corrected chi connectivity index (χ0v) is 10.6. The molecule has 2 aliphatic heterocycles. The molecule has 102 valence electrons. The first-order chi connectivity index (χ1) is 8.50. The molecule has 2 atom stereocenters. The smallest absolute Gasteiger partial charge is 0.347 e. The normalized spacial score (nSPS) is 28.0. The number of carbonyl (C=O) groups excluding carboxylic acids is 3. The molecule has 0 saturated carbocycles. The maximum Gasteiger partial charge on any atom is 0.347 e. The van der Waals surface area contributed by atoms with Crippen molar-refractivity contribution < 1.29 is 28.6 Å². The molecule has 0 unspecified atom stereocenters. The van der Waals surface area contributed by atoms with Crippen LogP contribution in [-0.2, 0) is 28.6 Å². The summed E-state index contributed by atoms with van der Waals surface area (Å²) in [5.41, 5.74) is 0. The van der Waals surface area contributed by atoms with Crippen LogP contribution >= 0.6 is 0 Å². The Labute approximate surface area is 106 Å². The van der Waals surface area contributed by atoms with Crippen LogP contribution in [0.15, 0.2) is 0 Å². The minimum absolute atomic E-state index is 0.0255. The number of cyclic esters (lactones) is 3. The van der Waals surface area contributed by atoms with Crippen LogP contribution in [0, 0.1) is 0 Å². The van der Waals surface area contributed by atoms with E-state index in [1.165, 1.54) is 13.8 Å². The zero-order valence-electron chi connectivity index (χ0n) is 10.6. The molecule has 18 heavy (non-hydrogen) atoms. The van der Waals surface area contributed by atoms with Gasteiger partial charge in [0.1, 0.15) is 0 Å². The van der Waals surface area contributed by atoms with Crippen molar-refractivity contribution in [3.63, 3.8) is 0 Å². The van der Waals surface area contributed by atoms with Crippen molar-refractivity contribution in [2.24, 2.45) is 0 Å². The van der Waals surface area contributed by atoms with Crippen molar-refractivity contribution in [2.75, 3.05) is 6.61 Å². The second-order valence-electron chi connectivity index (χ2n) is 4.19. The molecule has 2 heterocycles. The molecule has 2 rings (SSSR count). The van der Waals surface area contributed by atoms with Gasteiger partial charge >= 0.3 is 17.9 Å². The molecule has 2 aliphatic rings. The van der Waals surface area contributed by atoms with E-state index in [0.29, 0.717) is 13.0 Å². The summed E-state index contributed by atoms with van der Waals surface area (Å²) in [6.07, 6.45) is 2.34. The number of carbonyl (C=O) groups is 3. The van der Waals surface area contributed by atoms with Crippen molar-refractivity contribution >= 4 is 17.9 Å². The summed E-state index contributed by atoms with van der Waals surface area (Å²) in [5.74, 6) is -0.985. The lowest BCUT2D eigenvalue weighted by Gasteiger charge is -2.22. The van der Waals surface area contributed by atoms with Crippen LogP contribution in [-0.4, -0.2) is 36.7 Å². The van der Waals surface area contributed by atoms with Gasteiger partial charge in [-0.05, 0) is 33.1 Å². The van der Waals surface area contributed by atoms with Gasteiger partial charge in [0.2, 0.25) is 0 Å². The van der Waals surface area contributed by atoms with E-state index in [4.69, 9.17) is 4.74 Å². The van der Waals surface area contributed by atoms with Crippen molar-refractivity contribution in [1.82, 2.24) is 0 Å². The summed E-state index contributed by atoms with van der Waals surface area (Å²) in [4.78, 5) is 31.8. The summed E-state index contributed by atoms with van der Waals surface area (Å²) >= 11 is 0. The zero-order chi connectivity index (χ0) is 13.5. The predicted octanol–water partition coefficient (Wildman–Crippen LogP) is 0.967. The van der Waals surface area contributed by atoms with Gasteiger partial charge in [-0.25, -0.2) is 9.59 Å². The molecule has 0 aliphatic carbocycles. The SMILES string of the molecule is C[C@@H]1OC(=O)[C@@H](C)OC1=O.O=C1CCCCCO1. The van der Waals surface area contributed by atoms with E-state index in [-0.39, 0.29) is 5.97 Å². The largest absolute Gasteiger partial charge is 0.466 e. The predicted molar refractivity (Wildman–Crippen MR) is 60.5 cm³/mol. The van der Waals surface area contributed by atoms with Crippen molar-refractivity contribution in [1.29, 1.82) is 0 Å². The maximum absolute atomic E-state index is 10.7. The number of ether oxygens (including phenoxy) is 3. The number of hydrogen-bond donors (Lipinski definition) is 0. The average Bonchev–Trinajstić information content (AvgIpc) is 2.55. The highest BCUT2D eigenvalue weighted by molar-refractivity contribution is 5.86. The van der Waals surface area contributed by atoms with Gasteiger partial charge in [0.25, 0.3) is 0 Å². The first-order valence-electron chi connectivity index (χ1n) is 6.07. The van der Waals surface area contributed by atoms with E-state index in [2.05, 4.69) is 9.47 Å². The Balaban J connectivity index is 0.000000184. The van der Waals surface area contributed by atoms with Crippen LogP contribution < -0.4 is 0 Å². The molecule has 0 aromatic carbocycles. The average molecular weight is 258 g/mol. The van der Waals surface area contributed by atoms with E-state index in [0.717, 1.165) is 19.3 Å². The molecule has 0 aromatic rings. The third-order valence-electron chi connectivity index (χ3n) is 2.54. The number of esters is 3. The van der Waals surface area contributed by atoms with Crippen LogP contribution in [0.5, 0.6) is 0 Å². The summed E-state index contributed by atoms with van der Waals surface area (Å²) in [6, 6.07) is 0. The lowest BCUT2D eigenvalue weighted by atomic mass is 10.2. The highest BCUT2D eigenvalue weighted by atomic mass is 16.6. The van der Waals surface area contributed by atoms with Crippen LogP contribution in [0.25, 0.3) is 0 Å². The Morgan fingerprint density at radius 1 is 0.889 bits per heavy atom. The summed E-state index contributed by atoms with van der Waals surface area (Å²) in [7, 11) is 0. The molecule has 0 bridgehead atoms. The maximum atomic E-state index is 10.7. The fraction of sp³-hybridized carbons (Fsp3) is 0.750. The van der Waals surface area contributed by atoms with Crippen LogP contribution in [0.2, 0.25) is 0 Å². The minimum atomic E-state index is -0.747. The minimum Gasteiger partial charge on any atom is -0.466 e. The van der Waals surface area contributed by atoms with E-state index in [9.17, 15) is 14.4 Å². The van der Waals surface area contributed by atoms with Crippen molar-refractivity contribution in [3.05, 3.63) is 0 Å². The van der Waals surface area contributed by atoms with E-state index in [1.807, 2.05) is 0 Å². The van der Waals surface area contributed by atoms with Gasteiger partial charge in [0.15, 0.2) is 12.2 Å². The molecule has 0 radical (unpaired) electrons. The molecule has 0 N–H and O–H groups in total. The molecular weight excluding hydrogens is 240 g/mol. The topological polar surface area (TPSA) is 78.9 Å². The summed E-state index contributed by atoms with van der Waals surface area (Å²) in [5, 5.41) is 0. The molecular formula is C12H18O6. The van der Waals surface area contributed by atoms with Crippen LogP contribution in [0.3, 0.4) is 0 Å². The highest BCUT2D eigenvalue weighted by Gasteiger charge is 2.32. The highest BCUT2D eigenvalue weighted by Crippen LogP contribution is 2.08. The Morgan fingerprint density at radius 3 is 2.00 bits per heavy atom. The van der Waals surface area contributed by atoms with Gasteiger partial charge in [-0.15, -0.1) is 0 Å². The standard InChI is InChI=1S/C6H8O4.C6H10O2/c1-3-5(7)10-4(2)6(8)9-3;7-6-4-2-1-3-5-8-6/h3-4H,1-2H3;1-5H2/t3-,4+;. The molecule has 0 spiro atoms. The first kappa shape index (κ1) is 14.5. The second kappa shape index (κ2) is 6.98. The van der Waals surface area contributed by atoms with Gasteiger partial charge in [-0.2, -0.15) is 0 Å². The Kier molecular flexibility index (Phi) is 5.61. The third kappa shape index (κ3) is 4.73. The third-order valence-corrected chi connectivity index (χ3v) is 2.54. The number of hydrogen-bond acceptors (Lipinski definition) is 6. The molecule has 6 nitrogen and oxygen atoms in total. The van der Waals surface area contributed by atoms with Gasteiger partial charge < -0.3 is 14.2 Å². The quantitative estimate of drug-likeness (QED) is 0.476. The van der Waals surface area contributed by atoms with Crippen molar-refractivity contribution in [2.45, 2.75) is 51.7 Å². The lowest BCUT2D eigenvalue weighted by molar-refractivity contribution is -0.191. The Hall–Kier alpha value is -1.59. The molecule has 0 amide bonds. The van der Waals surface area contributed by atoms with Crippen LogP contribution in [0.4, 0.5) is 0 Å². The fourth-order valence-corrected chi connectivity index (χ4v) is 1.44. The summed E-state index contributed by atoms with van der Waals surface area (Å²) < 4.78 is 14.0. The second-order valence-corrected chi connectivity index (χ2v) is 4.19. The van der Waals surface area contributed by atoms with E-state index >= 15 is 0 Å². The molecule has 6 heteroatoms. The molecule has 2 fully saturated rings. The van der Waals surface area contributed by atoms with Crippen molar-refractivity contribution in [3.8, 4) is 0 Å². The lowest BCUT2D eigenvalue weighted by Crippen LogP contribution is -2.40. The van der Waals surface area contributed by atoms with Gasteiger partial charge in [-0.3, -0.25) is 4.79 Å².